The molecule has 0 unspecified atom stereocenters. The molecule has 0 spiro atoms. The van der Waals surface area contributed by atoms with Crippen LogP contribution in [0.5, 0.6) is 0 Å². The van der Waals surface area contributed by atoms with Crippen LogP contribution in [0.1, 0.15) is 11.1 Å². The van der Waals surface area contributed by atoms with Crippen molar-refractivity contribution < 1.29 is 0 Å². The van der Waals surface area contributed by atoms with Gasteiger partial charge in [0, 0.05) is 32.8 Å². The van der Waals surface area contributed by atoms with Crippen LogP contribution in [0.25, 0.3) is 82.1 Å². The molecule has 2 aromatic heterocycles. The van der Waals surface area contributed by atoms with Gasteiger partial charge in [-0.3, -0.25) is 0 Å². The van der Waals surface area contributed by atoms with Gasteiger partial charge in [0.1, 0.15) is 0 Å². The summed E-state index contributed by atoms with van der Waals surface area (Å²) in [6, 6.07) is 55.5. The topological polar surface area (TPSA) is 61.8 Å². The summed E-state index contributed by atoms with van der Waals surface area (Å²) in [5, 5.41) is 24.2. The van der Waals surface area contributed by atoms with Gasteiger partial charge in [0.15, 0.2) is 5.69 Å². The zero-order valence-electron chi connectivity index (χ0n) is 26.7. The molecule has 0 saturated carbocycles. The third-order valence-electron chi connectivity index (χ3n) is 9.58. The molecular weight excluding hydrogens is 611 g/mol. The summed E-state index contributed by atoms with van der Waals surface area (Å²) in [4.78, 5) is 4.02. The van der Waals surface area contributed by atoms with E-state index in [2.05, 4.69) is 111 Å². The highest BCUT2D eigenvalue weighted by atomic mass is 15.0. The molecule has 0 N–H and O–H groups in total. The molecule has 50 heavy (non-hydrogen) atoms. The van der Waals surface area contributed by atoms with Crippen molar-refractivity contribution in [3.8, 4) is 45.8 Å². The molecule has 9 rings (SSSR count). The molecule has 0 bridgehead atoms. The summed E-state index contributed by atoms with van der Waals surface area (Å²) in [6.45, 7) is 8.32. The Balaban J connectivity index is 1.32. The van der Waals surface area contributed by atoms with Crippen LogP contribution in [0.3, 0.4) is 0 Å². The minimum Gasteiger partial charge on any atom is -0.309 e. The van der Waals surface area contributed by atoms with Crippen LogP contribution in [-0.4, -0.2) is 9.13 Å². The Kier molecular flexibility index (Phi) is 6.56. The molecule has 0 amide bonds. The quantitative estimate of drug-likeness (QED) is 0.181. The van der Waals surface area contributed by atoms with Crippen molar-refractivity contribution in [2.75, 3.05) is 0 Å². The van der Waals surface area contributed by atoms with Crippen LogP contribution in [0.4, 0.5) is 5.69 Å². The van der Waals surface area contributed by atoms with Crippen molar-refractivity contribution in [1.29, 1.82) is 10.5 Å². The normalized spacial score (nSPS) is 11.1. The zero-order valence-corrected chi connectivity index (χ0v) is 26.7. The standard InChI is InChI=1S/C45H25N5/c1-48-39-25-30(28-47)24-37(31-11-10-12-32(26-31)49-40-17-6-4-15-35(40)38-23-29(27-46)21-22-44(38)49)45(39)36-16-5-9-20-43(36)50-41-18-7-2-13-33(41)34-14-3-8-19-42(34)50/h2-26H. The smallest absolute Gasteiger partial charge is 0.196 e. The Morgan fingerprint density at radius 3 is 1.76 bits per heavy atom. The predicted octanol–water partition coefficient (Wildman–Crippen LogP) is 11.5. The van der Waals surface area contributed by atoms with E-state index in [9.17, 15) is 10.5 Å². The number of aromatic nitrogens is 2. The van der Waals surface area contributed by atoms with Crippen molar-refractivity contribution in [3.63, 3.8) is 0 Å². The van der Waals surface area contributed by atoms with E-state index in [1.54, 1.807) is 6.07 Å². The number of hydrogen-bond donors (Lipinski definition) is 0. The van der Waals surface area contributed by atoms with Gasteiger partial charge in [-0.15, -0.1) is 0 Å². The van der Waals surface area contributed by atoms with Crippen LogP contribution >= 0.6 is 0 Å². The lowest BCUT2D eigenvalue weighted by molar-refractivity contribution is 1.18. The van der Waals surface area contributed by atoms with Crippen molar-refractivity contribution in [2.24, 2.45) is 0 Å². The Labute approximate surface area is 288 Å². The summed E-state index contributed by atoms with van der Waals surface area (Å²) in [7, 11) is 0. The van der Waals surface area contributed by atoms with E-state index in [1.165, 1.54) is 0 Å². The van der Waals surface area contributed by atoms with Gasteiger partial charge < -0.3 is 9.13 Å². The second-order valence-electron chi connectivity index (χ2n) is 12.3. The van der Waals surface area contributed by atoms with E-state index >= 15 is 0 Å². The fraction of sp³-hybridized carbons (Fsp3) is 0. The van der Waals surface area contributed by atoms with Gasteiger partial charge in [-0.05, 0) is 89.0 Å². The van der Waals surface area contributed by atoms with Crippen LogP contribution in [0, 0.1) is 29.2 Å². The number of nitrogens with zero attached hydrogens (tertiary/aromatic N) is 5. The first kappa shape index (κ1) is 28.8. The largest absolute Gasteiger partial charge is 0.309 e. The predicted molar refractivity (Wildman–Crippen MR) is 202 cm³/mol. The highest BCUT2D eigenvalue weighted by molar-refractivity contribution is 6.11. The van der Waals surface area contributed by atoms with Gasteiger partial charge in [-0.2, -0.15) is 10.5 Å². The molecule has 5 heteroatoms. The first-order valence-corrected chi connectivity index (χ1v) is 16.3. The molecule has 2 heterocycles. The molecule has 0 radical (unpaired) electrons. The molecule has 7 aromatic carbocycles. The Morgan fingerprint density at radius 2 is 1.08 bits per heavy atom. The molecule has 0 fully saturated rings. The van der Waals surface area contributed by atoms with E-state index in [4.69, 9.17) is 6.57 Å². The highest BCUT2D eigenvalue weighted by Gasteiger charge is 2.21. The Morgan fingerprint density at radius 1 is 0.480 bits per heavy atom. The average molecular weight is 636 g/mol. The maximum absolute atomic E-state index is 10.1. The van der Waals surface area contributed by atoms with Crippen LogP contribution in [0.2, 0.25) is 0 Å². The molecular formula is C45H25N5. The minimum atomic E-state index is 0.415. The lowest BCUT2D eigenvalue weighted by Gasteiger charge is -2.19. The maximum Gasteiger partial charge on any atom is 0.196 e. The first-order chi connectivity index (χ1) is 24.7. The van der Waals surface area contributed by atoms with E-state index in [0.717, 1.165) is 77.2 Å². The molecule has 9 aromatic rings. The zero-order chi connectivity index (χ0) is 33.8. The maximum atomic E-state index is 10.1. The molecule has 0 aliphatic rings. The second kappa shape index (κ2) is 11.4. The third kappa shape index (κ3) is 4.31. The van der Waals surface area contributed by atoms with E-state index in [-0.39, 0.29) is 0 Å². The van der Waals surface area contributed by atoms with Crippen molar-refractivity contribution in [1.82, 2.24) is 9.13 Å². The lowest BCUT2D eigenvalue weighted by Crippen LogP contribution is -1.99. The number of fused-ring (bicyclic) bond motifs is 6. The highest BCUT2D eigenvalue weighted by Crippen LogP contribution is 2.45. The number of nitriles is 2. The summed E-state index contributed by atoms with van der Waals surface area (Å²) in [6.07, 6.45) is 0. The van der Waals surface area contributed by atoms with Gasteiger partial charge in [0.05, 0.1) is 52.0 Å². The summed E-state index contributed by atoms with van der Waals surface area (Å²) >= 11 is 0. The molecule has 0 aliphatic carbocycles. The third-order valence-corrected chi connectivity index (χ3v) is 9.58. The number of hydrogen-bond acceptors (Lipinski definition) is 2. The number of benzene rings is 7. The van der Waals surface area contributed by atoms with Gasteiger partial charge in [-0.1, -0.05) is 84.9 Å². The van der Waals surface area contributed by atoms with Crippen LogP contribution in [-0.2, 0) is 0 Å². The first-order valence-electron chi connectivity index (χ1n) is 16.3. The summed E-state index contributed by atoms with van der Waals surface area (Å²) < 4.78 is 4.49. The van der Waals surface area contributed by atoms with Crippen LogP contribution in [0.15, 0.2) is 152 Å². The van der Waals surface area contributed by atoms with Gasteiger partial charge >= 0.3 is 0 Å². The molecule has 5 nitrogen and oxygen atoms in total. The van der Waals surface area contributed by atoms with Crippen molar-refractivity contribution in [2.45, 2.75) is 0 Å². The lowest BCUT2D eigenvalue weighted by atomic mass is 9.90. The monoisotopic (exact) mass is 635 g/mol. The SMILES string of the molecule is [C-]#[N+]c1cc(C#N)cc(-c2cccc(-n3c4ccccc4c4cc(C#N)ccc43)c2)c1-c1ccccc1-n1c2ccccc2c2ccccc21. The summed E-state index contributed by atoms with van der Waals surface area (Å²) in [5.41, 5.74) is 10.9. The Hall–Kier alpha value is -7.39. The van der Waals surface area contributed by atoms with Gasteiger partial charge in [0.25, 0.3) is 0 Å². The fourth-order valence-corrected chi connectivity index (χ4v) is 7.49. The molecule has 0 atom stereocenters. The van der Waals surface area contributed by atoms with Crippen molar-refractivity contribution in [3.05, 3.63) is 174 Å². The molecule has 0 saturated heterocycles. The molecule has 230 valence electrons. The van der Waals surface area contributed by atoms with E-state index in [1.807, 2.05) is 60.7 Å². The van der Waals surface area contributed by atoms with Gasteiger partial charge in [-0.25, -0.2) is 4.85 Å². The van der Waals surface area contributed by atoms with Crippen molar-refractivity contribution >= 4 is 49.3 Å². The Bertz CT molecular complexity index is 2920. The average Bonchev–Trinajstić information content (AvgIpc) is 3.70. The van der Waals surface area contributed by atoms with Crippen LogP contribution < -0.4 is 0 Å². The molecule has 0 aliphatic heterocycles. The van der Waals surface area contributed by atoms with E-state index in [0.29, 0.717) is 16.8 Å². The number of para-hydroxylation sites is 4. The fourth-order valence-electron chi connectivity index (χ4n) is 7.49. The van der Waals surface area contributed by atoms with Gasteiger partial charge in [0.2, 0.25) is 0 Å². The number of rotatable bonds is 4. The summed E-state index contributed by atoms with van der Waals surface area (Å²) in [5.74, 6) is 0. The van der Waals surface area contributed by atoms with E-state index < -0.39 is 0 Å². The minimum absolute atomic E-state index is 0.415. The second-order valence-corrected chi connectivity index (χ2v) is 12.3.